The van der Waals surface area contributed by atoms with Gasteiger partial charge in [-0.25, -0.2) is 13.2 Å². The summed E-state index contributed by atoms with van der Waals surface area (Å²) >= 11 is 7.84. The van der Waals surface area contributed by atoms with E-state index >= 15 is 4.39 Å². The van der Waals surface area contributed by atoms with Crippen LogP contribution in [-0.2, 0) is 4.74 Å². The third-order valence-electron chi connectivity index (χ3n) is 10.3. The van der Waals surface area contributed by atoms with Crippen molar-refractivity contribution in [1.82, 2.24) is 14.9 Å². The van der Waals surface area contributed by atoms with Crippen LogP contribution >= 0.6 is 22.9 Å². The van der Waals surface area contributed by atoms with Crippen LogP contribution < -0.4 is 20.1 Å². The maximum absolute atomic E-state index is 17.2. The van der Waals surface area contributed by atoms with Gasteiger partial charge in [0, 0.05) is 23.9 Å². The Morgan fingerprint density at radius 3 is 2.82 bits per heavy atom. The molecule has 8 rings (SSSR count). The van der Waals surface area contributed by atoms with Gasteiger partial charge in [-0.1, -0.05) is 17.7 Å². The van der Waals surface area contributed by atoms with Crippen LogP contribution in [-0.4, -0.2) is 78.2 Å². The van der Waals surface area contributed by atoms with Crippen LogP contribution in [0.25, 0.3) is 32.1 Å². The Bertz CT molecular complexity index is 2030. The molecule has 4 aromatic rings. The summed E-state index contributed by atoms with van der Waals surface area (Å²) in [5.74, 6) is -1.34. The first-order valence-corrected chi connectivity index (χ1v) is 17.3. The van der Waals surface area contributed by atoms with E-state index in [2.05, 4.69) is 9.88 Å². The first kappa shape index (κ1) is 32.5. The second-order valence-electron chi connectivity index (χ2n) is 13.0. The standard InChI is InChI=1S/C33H30ClF5N6O3S/c34-24-22(16-5-6-18(36)28-21(16)17(12-40)29(41)49-28)25(37)26-23-27(24)46-10-9-45(19-3-1-4-20(19)48-31(38)39)30(23)43-32(42-26)47-14-33-7-2-8-44(33)13-15(35)11-33/h5-6,15,19-20,31H,1-4,7-11,13-14,41H2/t15-,19?,20?,33+/m1/s1. The van der Waals surface area contributed by atoms with Crippen molar-refractivity contribution >= 4 is 54.7 Å². The highest BCUT2D eigenvalue weighted by Crippen LogP contribution is 2.51. The average Bonchev–Trinajstić information content (AvgIpc) is 3.80. The van der Waals surface area contributed by atoms with Crippen molar-refractivity contribution in [3.05, 3.63) is 34.4 Å². The van der Waals surface area contributed by atoms with Gasteiger partial charge in [-0.2, -0.15) is 24.0 Å². The lowest BCUT2D eigenvalue weighted by Gasteiger charge is -2.33. The molecule has 16 heteroatoms. The number of thiophene rings is 1. The van der Waals surface area contributed by atoms with Crippen molar-refractivity contribution in [3.8, 4) is 29.0 Å². The molecule has 3 aliphatic heterocycles. The summed E-state index contributed by atoms with van der Waals surface area (Å²) in [7, 11) is 0. The average molecular weight is 721 g/mol. The molecule has 0 radical (unpaired) electrons. The number of anilines is 2. The molecule has 4 aliphatic rings. The van der Waals surface area contributed by atoms with E-state index in [1.54, 1.807) is 4.90 Å². The van der Waals surface area contributed by atoms with E-state index in [4.69, 9.17) is 36.5 Å². The lowest BCUT2D eigenvalue weighted by molar-refractivity contribution is -0.163. The molecule has 0 spiro atoms. The fourth-order valence-electron chi connectivity index (χ4n) is 8.26. The summed E-state index contributed by atoms with van der Waals surface area (Å²) in [5.41, 5.74) is 5.17. The minimum Gasteiger partial charge on any atom is -0.489 e. The number of halogens is 6. The van der Waals surface area contributed by atoms with Crippen LogP contribution in [0.3, 0.4) is 0 Å². The minimum atomic E-state index is -2.99. The smallest absolute Gasteiger partial charge is 0.345 e. The number of rotatable bonds is 7. The number of nitrogens with zero attached hydrogens (tertiary/aromatic N) is 5. The molecule has 258 valence electrons. The number of nitrogens with two attached hydrogens (primary N) is 1. The predicted octanol–water partition coefficient (Wildman–Crippen LogP) is 7.21. The van der Waals surface area contributed by atoms with Gasteiger partial charge in [-0.3, -0.25) is 4.90 Å². The Morgan fingerprint density at radius 1 is 1.18 bits per heavy atom. The highest BCUT2D eigenvalue weighted by Gasteiger charge is 2.49. The maximum atomic E-state index is 17.2. The Morgan fingerprint density at radius 2 is 2.02 bits per heavy atom. The zero-order valence-electron chi connectivity index (χ0n) is 26.0. The molecule has 3 fully saturated rings. The van der Waals surface area contributed by atoms with Crippen molar-refractivity contribution in [2.24, 2.45) is 0 Å². The van der Waals surface area contributed by atoms with Crippen LogP contribution in [0.4, 0.5) is 32.8 Å². The number of alkyl halides is 3. The molecule has 9 nitrogen and oxygen atoms in total. The number of hydrogen-bond acceptors (Lipinski definition) is 10. The van der Waals surface area contributed by atoms with E-state index in [0.29, 0.717) is 32.2 Å². The van der Waals surface area contributed by atoms with Gasteiger partial charge in [0.25, 0.3) is 0 Å². The zero-order valence-corrected chi connectivity index (χ0v) is 27.5. The summed E-state index contributed by atoms with van der Waals surface area (Å²) in [6.07, 6.45) is 1.55. The van der Waals surface area contributed by atoms with Crippen LogP contribution in [0.1, 0.15) is 44.1 Å². The molecular weight excluding hydrogens is 691 g/mol. The lowest BCUT2D eigenvalue weighted by atomic mass is 9.95. The Hall–Kier alpha value is -3.71. The zero-order chi connectivity index (χ0) is 34.2. The third-order valence-corrected chi connectivity index (χ3v) is 11.7. The van der Waals surface area contributed by atoms with E-state index in [9.17, 15) is 22.8 Å². The highest BCUT2D eigenvalue weighted by atomic mass is 35.5. The summed E-state index contributed by atoms with van der Waals surface area (Å²) in [5, 5.41) is 10.0. The molecule has 49 heavy (non-hydrogen) atoms. The molecule has 1 saturated carbocycles. The van der Waals surface area contributed by atoms with Crippen molar-refractivity contribution in [2.45, 2.75) is 69.0 Å². The van der Waals surface area contributed by atoms with E-state index in [-0.39, 0.29) is 91.5 Å². The molecule has 2 aromatic heterocycles. The van der Waals surface area contributed by atoms with Gasteiger partial charge >= 0.3 is 12.6 Å². The van der Waals surface area contributed by atoms with Crippen molar-refractivity contribution in [3.63, 3.8) is 0 Å². The van der Waals surface area contributed by atoms with Gasteiger partial charge in [0.05, 0.1) is 44.9 Å². The summed E-state index contributed by atoms with van der Waals surface area (Å²) in [6, 6.07) is 3.71. The third kappa shape index (κ3) is 5.21. The van der Waals surface area contributed by atoms with Crippen molar-refractivity contribution in [2.75, 3.05) is 43.5 Å². The topological polar surface area (TPSA) is 110 Å². The van der Waals surface area contributed by atoms with Crippen molar-refractivity contribution in [1.29, 1.82) is 5.26 Å². The number of ether oxygens (including phenoxy) is 3. The predicted molar refractivity (Wildman–Crippen MR) is 174 cm³/mol. The maximum Gasteiger partial charge on any atom is 0.345 e. The largest absolute Gasteiger partial charge is 0.489 e. The summed E-state index contributed by atoms with van der Waals surface area (Å²) in [4.78, 5) is 13.1. The monoisotopic (exact) mass is 720 g/mol. The van der Waals surface area contributed by atoms with Gasteiger partial charge in [0.15, 0.2) is 11.6 Å². The molecule has 2 N–H and O–H groups in total. The first-order valence-electron chi connectivity index (χ1n) is 16.1. The summed E-state index contributed by atoms with van der Waals surface area (Å²) < 4.78 is 91.1. The number of aromatic nitrogens is 2. The summed E-state index contributed by atoms with van der Waals surface area (Å²) in [6.45, 7) is -1.71. The van der Waals surface area contributed by atoms with Gasteiger partial charge in [0.1, 0.15) is 47.6 Å². The van der Waals surface area contributed by atoms with E-state index < -0.39 is 42.1 Å². The molecule has 2 aromatic carbocycles. The molecule has 2 saturated heterocycles. The Balaban J connectivity index is 1.33. The fraction of sp³-hybridized carbons (Fsp3) is 0.485. The highest BCUT2D eigenvalue weighted by molar-refractivity contribution is 7.23. The SMILES string of the molecule is N#Cc1c(N)sc2c(F)ccc(-c3c(Cl)c4c5c(nc(OC[C@@]67CCCN6C[C@H](F)C7)nc5c3F)N(C3CCCC3OC(F)F)CCO4)c12. The number of benzene rings is 2. The van der Waals surface area contributed by atoms with E-state index in [1.165, 1.54) is 6.07 Å². The fourth-order valence-corrected chi connectivity index (χ4v) is 9.55. The Kier molecular flexibility index (Phi) is 8.13. The van der Waals surface area contributed by atoms with Gasteiger partial charge < -0.3 is 24.8 Å². The van der Waals surface area contributed by atoms with Gasteiger partial charge in [-0.15, -0.1) is 11.3 Å². The number of nitriles is 1. The van der Waals surface area contributed by atoms with E-state index in [0.717, 1.165) is 30.4 Å². The second kappa shape index (κ2) is 12.3. The van der Waals surface area contributed by atoms with Crippen molar-refractivity contribution < 1.29 is 36.2 Å². The molecule has 0 amide bonds. The molecule has 2 unspecified atom stereocenters. The number of fused-ring (bicyclic) bond motifs is 2. The van der Waals surface area contributed by atoms with Gasteiger partial charge in [-0.05, 0) is 50.3 Å². The number of nitrogen functional groups attached to an aromatic ring is 1. The minimum absolute atomic E-state index is 0.0218. The quantitative estimate of drug-likeness (QED) is 0.198. The molecule has 5 heterocycles. The van der Waals surface area contributed by atoms with Crippen LogP contribution in [0.15, 0.2) is 12.1 Å². The second-order valence-corrected chi connectivity index (χ2v) is 14.4. The number of hydrogen-bond donors (Lipinski definition) is 1. The molecule has 4 atom stereocenters. The normalized spacial score (nSPS) is 25.3. The first-order chi connectivity index (χ1) is 23.6. The lowest BCUT2D eigenvalue weighted by Crippen LogP contribution is -2.44. The van der Waals surface area contributed by atoms with Crippen LogP contribution in [0.5, 0.6) is 11.8 Å². The molecular formula is C33H30ClF5N6O3S. The Labute approximate surface area is 286 Å². The molecule has 0 bridgehead atoms. The van der Waals surface area contributed by atoms with Crippen LogP contribution in [0, 0.1) is 23.0 Å². The molecule has 1 aliphatic carbocycles. The van der Waals surface area contributed by atoms with Gasteiger partial charge in [0.2, 0.25) is 0 Å². The van der Waals surface area contributed by atoms with Crippen LogP contribution in [0.2, 0.25) is 5.02 Å². The van der Waals surface area contributed by atoms with E-state index in [1.807, 2.05) is 6.07 Å².